The molecule has 0 aromatic heterocycles. The molecule has 0 aliphatic rings. The molecule has 0 saturated carbocycles. The number of hydrogen-bond donors (Lipinski definition) is 2. The Hall–Kier alpha value is -1.50. The number of carbonyl (C=O) groups excluding carboxylic acids is 2. The Morgan fingerprint density at radius 3 is 2.21 bits per heavy atom. The molecular weight excluding hydrogens is 186 g/mol. The fourth-order valence-electron chi connectivity index (χ4n) is 1.02. The molecule has 0 aromatic carbocycles. The maximum atomic E-state index is 11.1. The van der Waals surface area contributed by atoms with Gasteiger partial charge in [-0.3, -0.25) is 9.59 Å². The van der Waals surface area contributed by atoms with Crippen LogP contribution in [0.4, 0.5) is 0 Å². The SMILES string of the molecule is CN(C)CC(CC(=O)N=N)C(=O)N=N. The molecule has 0 fully saturated rings. The van der Waals surface area contributed by atoms with Crippen LogP contribution in [0, 0.1) is 17.0 Å². The maximum Gasteiger partial charge on any atom is 0.268 e. The highest BCUT2D eigenvalue weighted by Crippen LogP contribution is 2.08. The van der Waals surface area contributed by atoms with E-state index in [1.54, 1.807) is 19.0 Å². The summed E-state index contributed by atoms with van der Waals surface area (Å²) in [6, 6.07) is 0. The van der Waals surface area contributed by atoms with Gasteiger partial charge in [0.25, 0.3) is 11.8 Å². The maximum absolute atomic E-state index is 11.1. The van der Waals surface area contributed by atoms with Crippen molar-refractivity contribution >= 4 is 11.8 Å². The molecule has 2 N–H and O–H groups in total. The first kappa shape index (κ1) is 12.5. The zero-order chi connectivity index (χ0) is 11.1. The molecule has 0 radical (unpaired) electrons. The van der Waals surface area contributed by atoms with Crippen LogP contribution in [0.2, 0.25) is 0 Å². The minimum Gasteiger partial charge on any atom is -0.309 e. The summed E-state index contributed by atoms with van der Waals surface area (Å²) in [6.07, 6.45) is -0.164. The van der Waals surface area contributed by atoms with Gasteiger partial charge in [-0.2, -0.15) is 0 Å². The third-order valence-electron chi connectivity index (χ3n) is 1.59. The van der Waals surface area contributed by atoms with Crippen LogP contribution in [0.3, 0.4) is 0 Å². The quantitative estimate of drug-likeness (QED) is 0.635. The van der Waals surface area contributed by atoms with Gasteiger partial charge in [0.1, 0.15) is 0 Å². The Morgan fingerprint density at radius 2 is 1.86 bits per heavy atom. The second kappa shape index (κ2) is 6.03. The van der Waals surface area contributed by atoms with Crippen molar-refractivity contribution in [3.8, 4) is 0 Å². The number of amides is 2. The molecule has 1 unspecified atom stereocenters. The van der Waals surface area contributed by atoms with Crippen LogP contribution < -0.4 is 0 Å². The summed E-state index contributed by atoms with van der Waals surface area (Å²) in [5, 5.41) is 5.45. The fraction of sp³-hybridized carbons (Fsp3) is 0.714. The summed E-state index contributed by atoms with van der Waals surface area (Å²) < 4.78 is 0. The average molecular weight is 199 g/mol. The Labute approximate surface area is 81.5 Å². The molecular formula is C7H13N5O2. The number of carbonyl (C=O) groups is 2. The molecule has 0 bridgehead atoms. The number of nitrogens with one attached hydrogen (secondary N) is 2. The Kier molecular flexibility index (Phi) is 5.38. The summed E-state index contributed by atoms with van der Waals surface area (Å²) in [6.45, 7) is 0.322. The third-order valence-corrected chi connectivity index (χ3v) is 1.59. The smallest absolute Gasteiger partial charge is 0.268 e. The predicted molar refractivity (Wildman–Crippen MR) is 47.0 cm³/mol. The molecule has 0 saturated heterocycles. The van der Waals surface area contributed by atoms with Gasteiger partial charge in [-0.05, 0) is 14.1 Å². The minimum atomic E-state index is -0.677. The molecule has 7 heteroatoms. The van der Waals surface area contributed by atoms with Gasteiger partial charge in [0.05, 0.1) is 5.92 Å². The van der Waals surface area contributed by atoms with E-state index in [1.165, 1.54) is 0 Å². The summed E-state index contributed by atoms with van der Waals surface area (Å²) in [4.78, 5) is 23.6. The average Bonchev–Trinajstić information content (AvgIpc) is 2.14. The lowest BCUT2D eigenvalue weighted by molar-refractivity contribution is -0.127. The number of nitrogens with zero attached hydrogens (tertiary/aromatic N) is 3. The Balaban J connectivity index is 4.38. The summed E-state index contributed by atoms with van der Waals surface area (Å²) in [5.74, 6) is -2.01. The largest absolute Gasteiger partial charge is 0.309 e. The van der Waals surface area contributed by atoms with Gasteiger partial charge in [0.15, 0.2) is 0 Å². The Bertz CT molecular complexity index is 250. The molecule has 0 rings (SSSR count). The van der Waals surface area contributed by atoms with Gasteiger partial charge in [-0.15, -0.1) is 10.2 Å². The highest BCUT2D eigenvalue weighted by molar-refractivity contribution is 5.85. The highest BCUT2D eigenvalue weighted by atomic mass is 16.2. The lowest BCUT2D eigenvalue weighted by atomic mass is 10.0. The van der Waals surface area contributed by atoms with Crippen molar-refractivity contribution in [2.75, 3.05) is 20.6 Å². The molecule has 0 aliphatic heterocycles. The van der Waals surface area contributed by atoms with Crippen molar-refractivity contribution in [2.24, 2.45) is 16.1 Å². The Morgan fingerprint density at radius 1 is 1.29 bits per heavy atom. The molecule has 1 atom stereocenters. The summed E-state index contributed by atoms with van der Waals surface area (Å²) in [7, 11) is 3.49. The van der Waals surface area contributed by atoms with E-state index in [9.17, 15) is 9.59 Å². The third kappa shape index (κ3) is 4.51. The second-order valence-corrected chi connectivity index (χ2v) is 3.12. The minimum absolute atomic E-state index is 0.164. The first-order chi connectivity index (χ1) is 6.51. The van der Waals surface area contributed by atoms with Gasteiger partial charge in [-0.1, -0.05) is 0 Å². The predicted octanol–water partition coefficient (Wildman–Crippen LogP) is 0.669. The van der Waals surface area contributed by atoms with Crippen molar-refractivity contribution in [2.45, 2.75) is 6.42 Å². The zero-order valence-corrected chi connectivity index (χ0v) is 8.15. The van der Waals surface area contributed by atoms with Crippen LogP contribution in [0.1, 0.15) is 6.42 Å². The molecule has 78 valence electrons. The molecule has 14 heavy (non-hydrogen) atoms. The second-order valence-electron chi connectivity index (χ2n) is 3.12. The van der Waals surface area contributed by atoms with Gasteiger partial charge >= 0.3 is 0 Å². The van der Waals surface area contributed by atoms with E-state index in [0.29, 0.717) is 6.54 Å². The van der Waals surface area contributed by atoms with Crippen molar-refractivity contribution in [1.29, 1.82) is 11.1 Å². The van der Waals surface area contributed by atoms with E-state index in [2.05, 4.69) is 10.2 Å². The van der Waals surface area contributed by atoms with E-state index in [1.807, 2.05) is 0 Å². The molecule has 7 nitrogen and oxygen atoms in total. The van der Waals surface area contributed by atoms with Crippen LogP contribution in [-0.4, -0.2) is 37.4 Å². The van der Waals surface area contributed by atoms with Crippen molar-refractivity contribution < 1.29 is 9.59 Å². The monoisotopic (exact) mass is 199 g/mol. The van der Waals surface area contributed by atoms with Crippen LogP contribution in [0.25, 0.3) is 0 Å². The fourth-order valence-corrected chi connectivity index (χ4v) is 1.02. The topological polar surface area (TPSA) is 110 Å². The summed E-state index contributed by atoms with van der Waals surface area (Å²) >= 11 is 0. The van der Waals surface area contributed by atoms with Crippen LogP contribution in [-0.2, 0) is 9.59 Å². The van der Waals surface area contributed by atoms with Gasteiger partial charge in [0, 0.05) is 13.0 Å². The molecule has 0 aromatic rings. The molecule has 0 heterocycles. The van der Waals surface area contributed by atoms with Crippen molar-refractivity contribution in [3.63, 3.8) is 0 Å². The summed E-state index contributed by atoms with van der Waals surface area (Å²) in [5.41, 5.74) is 13.0. The van der Waals surface area contributed by atoms with E-state index >= 15 is 0 Å². The lowest BCUT2D eigenvalue weighted by Gasteiger charge is -2.15. The molecule has 0 aliphatic carbocycles. The highest BCUT2D eigenvalue weighted by Gasteiger charge is 2.22. The normalized spacial score (nSPS) is 12.2. The van der Waals surface area contributed by atoms with Crippen molar-refractivity contribution in [1.82, 2.24) is 4.90 Å². The zero-order valence-electron chi connectivity index (χ0n) is 8.15. The van der Waals surface area contributed by atoms with Gasteiger partial charge < -0.3 is 4.90 Å². The standard InChI is InChI=1S/C7H13N5O2/c1-12(2)4-5(7(14)11-9)3-6(13)10-8/h5,8-9H,3-4H2,1-2H3. The first-order valence-corrected chi connectivity index (χ1v) is 3.97. The van der Waals surface area contributed by atoms with Crippen LogP contribution >= 0.6 is 0 Å². The van der Waals surface area contributed by atoms with Gasteiger partial charge in [0.2, 0.25) is 0 Å². The van der Waals surface area contributed by atoms with Crippen LogP contribution in [0.5, 0.6) is 0 Å². The van der Waals surface area contributed by atoms with Crippen LogP contribution in [0.15, 0.2) is 10.2 Å². The molecule has 0 spiro atoms. The first-order valence-electron chi connectivity index (χ1n) is 3.97. The van der Waals surface area contributed by atoms with E-state index < -0.39 is 17.7 Å². The van der Waals surface area contributed by atoms with E-state index in [4.69, 9.17) is 11.1 Å². The molecule has 2 amide bonds. The van der Waals surface area contributed by atoms with E-state index in [0.717, 1.165) is 0 Å². The van der Waals surface area contributed by atoms with Gasteiger partial charge in [-0.25, -0.2) is 11.1 Å². The number of rotatable bonds is 5. The number of hydrogen-bond acceptors (Lipinski definition) is 5. The lowest BCUT2D eigenvalue weighted by Crippen LogP contribution is -2.28. The van der Waals surface area contributed by atoms with Crippen molar-refractivity contribution in [3.05, 3.63) is 0 Å². The van der Waals surface area contributed by atoms with E-state index in [-0.39, 0.29) is 6.42 Å².